The molecule has 1 fully saturated rings. The van der Waals surface area contributed by atoms with Crippen LogP contribution in [0.1, 0.15) is 17.2 Å². The van der Waals surface area contributed by atoms with Crippen LogP contribution in [-0.2, 0) is 6.61 Å². The van der Waals surface area contributed by atoms with Gasteiger partial charge < -0.3 is 15.2 Å². The van der Waals surface area contributed by atoms with E-state index in [2.05, 4.69) is 10.2 Å². The van der Waals surface area contributed by atoms with Gasteiger partial charge in [-0.1, -0.05) is 30.3 Å². The largest absolute Gasteiger partial charge is 0.489 e. The minimum absolute atomic E-state index is 0.0496. The molecule has 1 heterocycles. The summed E-state index contributed by atoms with van der Waals surface area (Å²) in [5.41, 5.74) is 1.40. The number of rotatable bonds is 7. The number of nitro groups is 1. The fraction of sp³-hybridized carbons (Fsp3) is 0.368. The van der Waals surface area contributed by atoms with Crippen LogP contribution >= 0.6 is 0 Å². The SMILES string of the molecule is O=[N+]([O-])c1ccc(OCc2ccccc2)c(C(O)CN2CCNCC2)c1. The third-order valence-corrected chi connectivity index (χ3v) is 4.44. The molecule has 1 saturated heterocycles. The second-order valence-electron chi connectivity index (χ2n) is 6.32. The Morgan fingerprint density at radius 3 is 2.62 bits per heavy atom. The zero-order chi connectivity index (χ0) is 18.4. The van der Waals surface area contributed by atoms with Crippen LogP contribution in [0.2, 0.25) is 0 Å². The average molecular weight is 357 g/mol. The molecule has 1 aliphatic heterocycles. The van der Waals surface area contributed by atoms with Gasteiger partial charge in [-0.05, 0) is 11.6 Å². The smallest absolute Gasteiger partial charge is 0.270 e. The number of piperazine rings is 1. The first-order valence-corrected chi connectivity index (χ1v) is 8.69. The van der Waals surface area contributed by atoms with E-state index in [9.17, 15) is 15.2 Å². The van der Waals surface area contributed by atoms with Gasteiger partial charge in [0.1, 0.15) is 12.4 Å². The number of ether oxygens (including phenoxy) is 1. The minimum atomic E-state index is -0.848. The Morgan fingerprint density at radius 1 is 1.19 bits per heavy atom. The summed E-state index contributed by atoms with van der Waals surface area (Å²) in [5, 5.41) is 25.1. The Labute approximate surface area is 152 Å². The maximum Gasteiger partial charge on any atom is 0.270 e. The molecule has 7 heteroatoms. The maximum atomic E-state index is 11.1. The number of nitrogens with one attached hydrogen (secondary N) is 1. The zero-order valence-electron chi connectivity index (χ0n) is 14.5. The molecule has 2 aromatic carbocycles. The van der Waals surface area contributed by atoms with Crippen LogP contribution < -0.4 is 10.1 Å². The number of β-amino-alcohol motifs (C(OH)–C–C–N with tert-alkyl or cyclic N) is 1. The predicted octanol–water partition coefficient (Wildman–Crippen LogP) is 2.11. The Kier molecular flexibility index (Phi) is 6.17. The van der Waals surface area contributed by atoms with E-state index in [-0.39, 0.29) is 5.69 Å². The third kappa shape index (κ3) is 4.78. The fourth-order valence-electron chi connectivity index (χ4n) is 3.01. The second kappa shape index (κ2) is 8.75. The van der Waals surface area contributed by atoms with E-state index < -0.39 is 11.0 Å². The lowest BCUT2D eigenvalue weighted by atomic mass is 10.1. The second-order valence-corrected chi connectivity index (χ2v) is 6.32. The van der Waals surface area contributed by atoms with Gasteiger partial charge in [0, 0.05) is 50.4 Å². The number of nitro benzene ring substituents is 1. The van der Waals surface area contributed by atoms with E-state index >= 15 is 0 Å². The van der Waals surface area contributed by atoms with Crippen molar-refractivity contribution in [2.45, 2.75) is 12.7 Å². The van der Waals surface area contributed by atoms with Crippen molar-refractivity contribution in [3.63, 3.8) is 0 Å². The minimum Gasteiger partial charge on any atom is -0.489 e. The molecule has 26 heavy (non-hydrogen) atoms. The van der Waals surface area contributed by atoms with Gasteiger partial charge in [0.15, 0.2) is 0 Å². The summed E-state index contributed by atoms with van der Waals surface area (Å²) in [6, 6.07) is 14.1. The van der Waals surface area contributed by atoms with Crippen molar-refractivity contribution in [1.29, 1.82) is 0 Å². The number of aliphatic hydroxyl groups excluding tert-OH is 1. The van der Waals surface area contributed by atoms with Gasteiger partial charge >= 0.3 is 0 Å². The number of benzene rings is 2. The zero-order valence-corrected chi connectivity index (χ0v) is 14.5. The van der Waals surface area contributed by atoms with Crippen LogP contribution in [0.4, 0.5) is 5.69 Å². The standard InChI is InChI=1S/C19H23N3O4/c23-18(13-21-10-8-20-9-11-21)17-12-16(22(24)25)6-7-19(17)26-14-15-4-2-1-3-5-15/h1-7,12,18,20,23H,8-11,13-14H2. The van der Waals surface area contributed by atoms with Gasteiger partial charge in [0.2, 0.25) is 0 Å². The number of hydrogen-bond acceptors (Lipinski definition) is 6. The molecule has 0 spiro atoms. The summed E-state index contributed by atoms with van der Waals surface area (Å²) in [4.78, 5) is 12.8. The number of nitrogens with zero attached hydrogens (tertiary/aromatic N) is 2. The summed E-state index contributed by atoms with van der Waals surface area (Å²) >= 11 is 0. The van der Waals surface area contributed by atoms with Crippen molar-refractivity contribution < 1.29 is 14.8 Å². The van der Waals surface area contributed by atoms with E-state index in [0.717, 1.165) is 31.7 Å². The topological polar surface area (TPSA) is 87.9 Å². The summed E-state index contributed by atoms with van der Waals surface area (Å²) in [6.07, 6.45) is -0.848. The molecular weight excluding hydrogens is 334 g/mol. The van der Waals surface area contributed by atoms with Crippen LogP contribution in [0.5, 0.6) is 5.75 Å². The number of hydrogen-bond donors (Lipinski definition) is 2. The molecule has 1 aliphatic rings. The molecule has 0 aliphatic carbocycles. The van der Waals surface area contributed by atoms with Crippen molar-refractivity contribution in [2.75, 3.05) is 32.7 Å². The van der Waals surface area contributed by atoms with Gasteiger partial charge in [0.05, 0.1) is 11.0 Å². The molecule has 0 aromatic heterocycles. The number of aliphatic hydroxyl groups is 1. The molecule has 7 nitrogen and oxygen atoms in total. The fourth-order valence-corrected chi connectivity index (χ4v) is 3.01. The van der Waals surface area contributed by atoms with E-state index in [1.807, 2.05) is 30.3 Å². The van der Waals surface area contributed by atoms with Crippen LogP contribution in [0, 0.1) is 10.1 Å². The van der Waals surface area contributed by atoms with Crippen molar-refractivity contribution in [1.82, 2.24) is 10.2 Å². The maximum absolute atomic E-state index is 11.1. The molecule has 138 valence electrons. The summed E-state index contributed by atoms with van der Waals surface area (Å²) in [5.74, 6) is 0.474. The predicted molar refractivity (Wildman–Crippen MR) is 98.1 cm³/mol. The van der Waals surface area contributed by atoms with E-state index in [4.69, 9.17) is 4.74 Å². The Balaban J connectivity index is 1.77. The highest BCUT2D eigenvalue weighted by Gasteiger charge is 2.21. The molecule has 1 atom stereocenters. The van der Waals surface area contributed by atoms with E-state index in [0.29, 0.717) is 24.5 Å². The first-order valence-electron chi connectivity index (χ1n) is 8.69. The monoisotopic (exact) mass is 357 g/mol. The molecule has 0 radical (unpaired) electrons. The van der Waals surface area contributed by atoms with Gasteiger partial charge in [-0.25, -0.2) is 0 Å². The lowest BCUT2D eigenvalue weighted by Gasteiger charge is -2.29. The first kappa shape index (κ1) is 18.3. The van der Waals surface area contributed by atoms with Crippen molar-refractivity contribution in [3.05, 3.63) is 69.8 Å². The van der Waals surface area contributed by atoms with Crippen molar-refractivity contribution in [3.8, 4) is 5.75 Å². The van der Waals surface area contributed by atoms with Crippen LogP contribution in [0.15, 0.2) is 48.5 Å². The highest BCUT2D eigenvalue weighted by atomic mass is 16.6. The van der Waals surface area contributed by atoms with Crippen LogP contribution in [0.25, 0.3) is 0 Å². The summed E-state index contributed by atoms with van der Waals surface area (Å²) in [7, 11) is 0. The van der Waals surface area contributed by atoms with Crippen molar-refractivity contribution >= 4 is 5.69 Å². The molecule has 1 unspecified atom stereocenters. The van der Waals surface area contributed by atoms with Gasteiger partial charge in [-0.3, -0.25) is 15.0 Å². The van der Waals surface area contributed by atoms with Gasteiger partial charge in [-0.2, -0.15) is 0 Å². The molecule has 2 N–H and O–H groups in total. The quantitative estimate of drug-likeness (QED) is 0.583. The molecule has 0 amide bonds. The Hall–Kier alpha value is -2.48. The van der Waals surface area contributed by atoms with Gasteiger partial charge in [0.25, 0.3) is 5.69 Å². The molecule has 0 bridgehead atoms. The molecule has 0 saturated carbocycles. The first-order chi connectivity index (χ1) is 12.6. The normalized spacial score (nSPS) is 16.2. The molecular formula is C19H23N3O4. The number of non-ortho nitro benzene ring substituents is 1. The summed E-state index contributed by atoms with van der Waals surface area (Å²) < 4.78 is 5.85. The van der Waals surface area contributed by atoms with E-state index in [1.165, 1.54) is 12.1 Å². The molecule has 3 rings (SSSR count). The van der Waals surface area contributed by atoms with Crippen LogP contribution in [-0.4, -0.2) is 47.7 Å². The highest BCUT2D eigenvalue weighted by Crippen LogP contribution is 2.30. The van der Waals surface area contributed by atoms with Gasteiger partial charge in [-0.15, -0.1) is 0 Å². The highest BCUT2D eigenvalue weighted by molar-refractivity contribution is 5.45. The molecule has 2 aromatic rings. The van der Waals surface area contributed by atoms with Crippen molar-refractivity contribution in [2.24, 2.45) is 0 Å². The lowest BCUT2D eigenvalue weighted by Crippen LogP contribution is -2.45. The summed E-state index contributed by atoms with van der Waals surface area (Å²) in [6.45, 7) is 4.19. The Bertz CT molecular complexity index is 733. The van der Waals surface area contributed by atoms with Crippen LogP contribution in [0.3, 0.4) is 0 Å². The van der Waals surface area contributed by atoms with E-state index in [1.54, 1.807) is 6.07 Å². The average Bonchev–Trinajstić information content (AvgIpc) is 2.67. The third-order valence-electron chi connectivity index (χ3n) is 4.44. The Morgan fingerprint density at radius 2 is 1.92 bits per heavy atom. The lowest BCUT2D eigenvalue weighted by molar-refractivity contribution is -0.385.